The van der Waals surface area contributed by atoms with Gasteiger partial charge in [0.2, 0.25) is 5.91 Å². The van der Waals surface area contributed by atoms with Gasteiger partial charge in [-0.25, -0.2) is 0 Å². The van der Waals surface area contributed by atoms with Crippen molar-refractivity contribution in [2.75, 3.05) is 19.8 Å². The van der Waals surface area contributed by atoms with Gasteiger partial charge in [-0.05, 0) is 19.8 Å². The molecule has 0 aromatic heterocycles. The zero-order valence-corrected chi connectivity index (χ0v) is 9.36. The minimum absolute atomic E-state index is 0.117. The highest BCUT2D eigenvalue weighted by Crippen LogP contribution is 2.29. The van der Waals surface area contributed by atoms with Crippen molar-refractivity contribution in [3.05, 3.63) is 0 Å². The molecule has 1 heterocycles. The number of nitrogens with one attached hydrogen (secondary N) is 1. The third kappa shape index (κ3) is 2.93. The van der Waals surface area contributed by atoms with E-state index >= 15 is 0 Å². The van der Waals surface area contributed by atoms with Crippen molar-refractivity contribution in [2.45, 2.75) is 25.8 Å². The number of carboxylic acids is 1. The van der Waals surface area contributed by atoms with Crippen LogP contribution < -0.4 is 11.1 Å². The van der Waals surface area contributed by atoms with E-state index in [1.807, 2.05) is 0 Å². The van der Waals surface area contributed by atoms with E-state index in [0.717, 1.165) is 0 Å². The molecule has 1 rings (SSSR count). The first-order valence-corrected chi connectivity index (χ1v) is 5.32. The Hall–Kier alpha value is -1.14. The second-order valence-electron chi connectivity index (χ2n) is 4.20. The summed E-state index contributed by atoms with van der Waals surface area (Å²) in [6.45, 7) is 2.51. The molecule has 1 amide bonds. The van der Waals surface area contributed by atoms with E-state index in [4.69, 9.17) is 10.5 Å². The summed E-state index contributed by atoms with van der Waals surface area (Å²) in [6, 6.07) is -0.620. The Morgan fingerprint density at radius 1 is 1.50 bits per heavy atom. The third-order valence-electron chi connectivity index (χ3n) is 2.92. The molecule has 6 heteroatoms. The average Bonchev–Trinajstić information content (AvgIpc) is 2.26. The Balaban J connectivity index is 2.58. The van der Waals surface area contributed by atoms with E-state index < -0.39 is 17.4 Å². The lowest BCUT2D eigenvalue weighted by molar-refractivity contribution is -0.154. The average molecular weight is 230 g/mol. The number of rotatable bonds is 4. The molecule has 92 valence electrons. The summed E-state index contributed by atoms with van der Waals surface area (Å²) in [4.78, 5) is 22.5. The molecule has 0 aromatic rings. The van der Waals surface area contributed by atoms with Crippen LogP contribution in [0.15, 0.2) is 0 Å². The van der Waals surface area contributed by atoms with Gasteiger partial charge in [-0.1, -0.05) is 0 Å². The maximum absolute atomic E-state index is 11.3. The van der Waals surface area contributed by atoms with Gasteiger partial charge >= 0.3 is 5.97 Å². The van der Waals surface area contributed by atoms with Crippen molar-refractivity contribution in [3.8, 4) is 0 Å². The molecule has 1 fully saturated rings. The molecular weight excluding hydrogens is 212 g/mol. The lowest BCUT2D eigenvalue weighted by atomic mass is 9.80. The van der Waals surface area contributed by atoms with Crippen LogP contribution in [0.1, 0.15) is 19.8 Å². The van der Waals surface area contributed by atoms with Crippen LogP contribution in [0.2, 0.25) is 0 Å². The zero-order valence-electron chi connectivity index (χ0n) is 9.36. The number of ether oxygens (including phenoxy) is 1. The third-order valence-corrected chi connectivity index (χ3v) is 2.92. The fourth-order valence-electron chi connectivity index (χ4n) is 1.65. The van der Waals surface area contributed by atoms with E-state index in [1.165, 1.54) is 0 Å². The molecule has 1 saturated heterocycles. The molecule has 0 saturated carbocycles. The van der Waals surface area contributed by atoms with Crippen molar-refractivity contribution >= 4 is 11.9 Å². The summed E-state index contributed by atoms with van der Waals surface area (Å²) in [5, 5.41) is 11.8. The highest BCUT2D eigenvalue weighted by molar-refractivity contribution is 5.82. The van der Waals surface area contributed by atoms with E-state index in [-0.39, 0.29) is 12.5 Å². The molecule has 0 aliphatic carbocycles. The molecule has 1 aliphatic heterocycles. The van der Waals surface area contributed by atoms with E-state index in [9.17, 15) is 14.7 Å². The van der Waals surface area contributed by atoms with Gasteiger partial charge in [0.25, 0.3) is 0 Å². The van der Waals surface area contributed by atoms with Gasteiger partial charge in [-0.2, -0.15) is 0 Å². The van der Waals surface area contributed by atoms with Gasteiger partial charge in [0.05, 0.1) is 11.5 Å². The number of hydrogen-bond acceptors (Lipinski definition) is 4. The fourth-order valence-corrected chi connectivity index (χ4v) is 1.65. The van der Waals surface area contributed by atoms with Crippen LogP contribution in [0.3, 0.4) is 0 Å². The molecule has 1 unspecified atom stereocenters. The highest BCUT2D eigenvalue weighted by atomic mass is 16.5. The maximum atomic E-state index is 11.3. The predicted octanol–water partition coefficient (Wildman–Crippen LogP) is -0.669. The van der Waals surface area contributed by atoms with Crippen LogP contribution >= 0.6 is 0 Å². The first-order valence-electron chi connectivity index (χ1n) is 5.32. The highest BCUT2D eigenvalue weighted by Gasteiger charge is 2.40. The number of hydrogen-bond donors (Lipinski definition) is 3. The van der Waals surface area contributed by atoms with Crippen LogP contribution in [-0.2, 0) is 14.3 Å². The van der Waals surface area contributed by atoms with Gasteiger partial charge in [-0.15, -0.1) is 0 Å². The molecule has 16 heavy (non-hydrogen) atoms. The molecule has 0 radical (unpaired) electrons. The largest absolute Gasteiger partial charge is 0.481 e. The van der Waals surface area contributed by atoms with E-state index in [2.05, 4.69) is 5.32 Å². The van der Waals surface area contributed by atoms with Crippen molar-refractivity contribution in [2.24, 2.45) is 11.1 Å². The van der Waals surface area contributed by atoms with Crippen LogP contribution in [0, 0.1) is 5.41 Å². The van der Waals surface area contributed by atoms with Gasteiger partial charge in [0.15, 0.2) is 0 Å². The first-order chi connectivity index (χ1) is 7.48. The Bertz CT molecular complexity index is 272. The Labute approximate surface area is 94.1 Å². The van der Waals surface area contributed by atoms with Gasteiger partial charge < -0.3 is 20.9 Å². The lowest BCUT2D eigenvalue weighted by Crippen LogP contribution is -2.49. The van der Waals surface area contributed by atoms with Crippen LogP contribution in [0.5, 0.6) is 0 Å². The van der Waals surface area contributed by atoms with Crippen molar-refractivity contribution < 1.29 is 19.4 Å². The smallest absolute Gasteiger partial charge is 0.311 e. The molecule has 1 aliphatic rings. The quantitative estimate of drug-likeness (QED) is 0.594. The van der Waals surface area contributed by atoms with Crippen LogP contribution in [0.4, 0.5) is 0 Å². The molecule has 1 atom stereocenters. The van der Waals surface area contributed by atoms with Crippen LogP contribution in [-0.4, -0.2) is 42.8 Å². The number of nitrogens with two attached hydrogens (primary N) is 1. The SMILES string of the molecule is CC(N)C(=O)NCC1(C(=O)O)CCOCC1. The van der Waals surface area contributed by atoms with Gasteiger partial charge in [0, 0.05) is 19.8 Å². The molecule has 4 N–H and O–H groups in total. The van der Waals surface area contributed by atoms with Crippen molar-refractivity contribution in [1.29, 1.82) is 0 Å². The summed E-state index contributed by atoms with van der Waals surface area (Å²) in [6.07, 6.45) is 0.836. The van der Waals surface area contributed by atoms with Crippen LogP contribution in [0.25, 0.3) is 0 Å². The minimum Gasteiger partial charge on any atom is -0.481 e. The van der Waals surface area contributed by atoms with E-state index in [1.54, 1.807) is 6.92 Å². The Morgan fingerprint density at radius 2 is 2.06 bits per heavy atom. The fraction of sp³-hybridized carbons (Fsp3) is 0.800. The first kappa shape index (κ1) is 12.9. The summed E-state index contributed by atoms with van der Waals surface area (Å²) < 4.78 is 5.13. The monoisotopic (exact) mass is 230 g/mol. The zero-order chi connectivity index (χ0) is 12.2. The standard InChI is InChI=1S/C10H18N2O4/c1-7(11)8(13)12-6-10(9(14)15)2-4-16-5-3-10/h7H,2-6,11H2,1H3,(H,12,13)(H,14,15). The molecule has 0 aromatic carbocycles. The Morgan fingerprint density at radius 3 is 2.50 bits per heavy atom. The van der Waals surface area contributed by atoms with Crippen molar-refractivity contribution in [1.82, 2.24) is 5.32 Å². The van der Waals surface area contributed by atoms with Gasteiger partial charge in [-0.3, -0.25) is 9.59 Å². The lowest BCUT2D eigenvalue weighted by Gasteiger charge is -2.33. The normalized spacial score (nSPS) is 21.1. The summed E-state index contributed by atoms with van der Waals surface area (Å²) in [5.41, 5.74) is 4.49. The number of aliphatic carboxylic acids is 1. The molecule has 0 spiro atoms. The minimum atomic E-state index is -0.900. The summed E-state index contributed by atoms with van der Waals surface area (Å²) in [7, 11) is 0. The summed E-state index contributed by atoms with van der Waals surface area (Å²) in [5.74, 6) is -1.21. The van der Waals surface area contributed by atoms with E-state index in [0.29, 0.717) is 26.1 Å². The Kier molecular flexibility index (Phi) is 4.26. The second kappa shape index (κ2) is 5.27. The van der Waals surface area contributed by atoms with Crippen molar-refractivity contribution in [3.63, 3.8) is 0 Å². The summed E-state index contributed by atoms with van der Waals surface area (Å²) >= 11 is 0. The second-order valence-corrected chi connectivity index (χ2v) is 4.20. The number of carbonyl (C=O) groups excluding carboxylic acids is 1. The maximum Gasteiger partial charge on any atom is 0.311 e. The number of carboxylic acid groups (broad SMARTS) is 1. The number of amides is 1. The predicted molar refractivity (Wildman–Crippen MR) is 56.8 cm³/mol. The number of carbonyl (C=O) groups is 2. The molecular formula is C10H18N2O4. The molecule has 6 nitrogen and oxygen atoms in total. The van der Waals surface area contributed by atoms with Gasteiger partial charge in [0.1, 0.15) is 0 Å². The molecule has 0 bridgehead atoms. The topological polar surface area (TPSA) is 102 Å².